The summed E-state index contributed by atoms with van der Waals surface area (Å²) >= 11 is 0. The average molecular weight is 182 g/mol. The molecule has 0 aliphatic carbocycles. The maximum Gasteiger partial charge on any atom is 0.0568 e. The van der Waals surface area contributed by atoms with Crippen molar-refractivity contribution in [3.05, 3.63) is 42.2 Å². The first-order valence-corrected chi connectivity index (χ1v) is 4.36. The number of hydrogen-bond acceptors (Lipinski definition) is 1. The zero-order valence-electron chi connectivity index (χ0n) is 7.94. The molecule has 0 spiro atoms. The molecule has 0 N–H and O–H groups in total. The molecule has 1 heterocycles. The van der Waals surface area contributed by atoms with Gasteiger partial charge in [0, 0.05) is 29.9 Å². The first-order chi connectivity index (χ1) is 6.81. The Morgan fingerprint density at radius 2 is 2.14 bits per heavy atom. The summed E-state index contributed by atoms with van der Waals surface area (Å²) < 4.78 is 1.77. The van der Waals surface area contributed by atoms with Gasteiger partial charge in [-0.25, -0.2) is 0 Å². The summed E-state index contributed by atoms with van der Waals surface area (Å²) in [4.78, 5) is 0. The highest BCUT2D eigenvalue weighted by Gasteiger charge is 2.03. The number of hydrogen-bond donors (Lipinski definition) is 0. The minimum absolute atomic E-state index is 0.903. The van der Waals surface area contributed by atoms with Crippen LogP contribution in [-0.2, 0) is 7.05 Å². The van der Waals surface area contributed by atoms with Gasteiger partial charge in [0.25, 0.3) is 0 Å². The van der Waals surface area contributed by atoms with E-state index in [1.807, 2.05) is 43.7 Å². The molecule has 68 valence electrons. The van der Waals surface area contributed by atoms with E-state index in [0.717, 1.165) is 16.7 Å². The van der Waals surface area contributed by atoms with Gasteiger partial charge < -0.3 is 0 Å². The summed E-state index contributed by atoms with van der Waals surface area (Å²) in [5.41, 5.74) is 3.02. The summed E-state index contributed by atoms with van der Waals surface area (Å²) in [5.74, 6) is 2.67. The summed E-state index contributed by atoms with van der Waals surface area (Å²) in [6.45, 7) is 0. The van der Waals surface area contributed by atoms with Gasteiger partial charge in [-0.15, -0.1) is 6.42 Å². The summed E-state index contributed by atoms with van der Waals surface area (Å²) in [6.07, 6.45) is 9.19. The average Bonchev–Trinajstić information content (AvgIpc) is 2.65. The van der Waals surface area contributed by atoms with Crippen LogP contribution in [0.4, 0.5) is 0 Å². The third-order valence-electron chi connectivity index (χ3n) is 2.10. The fraction of sp³-hybridized carbons (Fsp3) is 0.0833. The third kappa shape index (κ3) is 1.40. The minimum Gasteiger partial charge on any atom is -0.275 e. The van der Waals surface area contributed by atoms with E-state index in [9.17, 15) is 0 Å². The molecule has 0 amide bonds. The van der Waals surface area contributed by atoms with Gasteiger partial charge in [0.05, 0.1) is 6.20 Å². The van der Waals surface area contributed by atoms with E-state index in [1.54, 1.807) is 4.68 Å². The largest absolute Gasteiger partial charge is 0.275 e. The highest BCUT2D eigenvalue weighted by Crippen LogP contribution is 2.21. The van der Waals surface area contributed by atoms with E-state index in [2.05, 4.69) is 11.0 Å². The zero-order chi connectivity index (χ0) is 9.97. The number of aromatic nitrogens is 2. The zero-order valence-corrected chi connectivity index (χ0v) is 7.94. The Kier molecular flexibility index (Phi) is 2.08. The summed E-state index contributed by atoms with van der Waals surface area (Å²) in [5, 5.41) is 4.12. The maximum absolute atomic E-state index is 5.42. The van der Waals surface area contributed by atoms with Crippen LogP contribution in [0.2, 0.25) is 0 Å². The molecule has 0 unspecified atom stereocenters. The van der Waals surface area contributed by atoms with Crippen LogP contribution in [0.5, 0.6) is 0 Å². The second-order valence-corrected chi connectivity index (χ2v) is 3.09. The summed E-state index contributed by atoms with van der Waals surface area (Å²) in [7, 11) is 1.89. The quantitative estimate of drug-likeness (QED) is 0.617. The first-order valence-electron chi connectivity index (χ1n) is 4.36. The SMILES string of the molecule is C#Cc1ccccc1-c1cnn(C)c1. The Labute approximate surface area is 83.2 Å². The van der Waals surface area contributed by atoms with Gasteiger partial charge in [0.15, 0.2) is 0 Å². The van der Waals surface area contributed by atoms with E-state index < -0.39 is 0 Å². The van der Waals surface area contributed by atoms with Crippen molar-refractivity contribution < 1.29 is 0 Å². The van der Waals surface area contributed by atoms with Crippen LogP contribution in [-0.4, -0.2) is 9.78 Å². The number of aryl methyl sites for hydroxylation is 1. The monoisotopic (exact) mass is 182 g/mol. The van der Waals surface area contributed by atoms with Crippen LogP contribution in [0.15, 0.2) is 36.7 Å². The van der Waals surface area contributed by atoms with Crippen LogP contribution in [0.3, 0.4) is 0 Å². The Bertz CT molecular complexity index is 489. The van der Waals surface area contributed by atoms with Gasteiger partial charge in [-0.3, -0.25) is 4.68 Å². The van der Waals surface area contributed by atoms with Crippen molar-refractivity contribution in [2.45, 2.75) is 0 Å². The van der Waals surface area contributed by atoms with Crippen LogP contribution in [0, 0.1) is 12.3 Å². The fourth-order valence-corrected chi connectivity index (χ4v) is 1.42. The van der Waals surface area contributed by atoms with Crippen molar-refractivity contribution in [3.63, 3.8) is 0 Å². The number of rotatable bonds is 1. The van der Waals surface area contributed by atoms with E-state index in [-0.39, 0.29) is 0 Å². The Morgan fingerprint density at radius 3 is 2.79 bits per heavy atom. The minimum atomic E-state index is 0.903. The van der Waals surface area contributed by atoms with E-state index >= 15 is 0 Å². The predicted octanol–water partition coefficient (Wildman–Crippen LogP) is 2.07. The van der Waals surface area contributed by atoms with Gasteiger partial charge in [0.1, 0.15) is 0 Å². The molecule has 2 heteroatoms. The van der Waals surface area contributed by atoms with Gasteiger partial charge in [-0.2, -0.15) is 5.10 Å². The van der Waals surface area contributed by atoms with Gasteiger partial charge >= 0.3 is 0 Å². The molecule has 2 aromatic rings. The van der Waals surface area contributed by atoms with E-state index in [4.69, 9.17) is 6.42 Å². The maximum atomic E-state index is 5.42. The number of benzene rings is 1. The molecule has 0 saturated heterocycles. The molecule has 2 rings (SSSR count). The molecule has 0 saturated carbocycles. The number of nitrogens with zero attached hydrogens (tertiary/aromatic N) is 2. The summed E-state index contributed by atoms with van der Waals surface area (Å²) in [6, 6.07) is 7.85. The van der Waals surface area contributed by atoms with Crippen molar-refractivity contribution in [1.82, 2.24) is 9.78 Å². The van der Waals surface area contributed by atoms with Gasteiger partial charge in [-0.05, 0) is 6.07 Å². The molecule has 0 bridgehead atoms. The molecule has 0 radical (unpaired) electrons. The molecule has 0 atom stereocenters. The molecule has 0 aliphatic rings. The Morgan fingerprint density at radius 1 is 1.36 bits per heavy atom. The standard InChI is InChI=1S/C12H10N2/c1-3-10-6-4-5-7-12(10)11-8-13-14(2)9-11/h1,4-9H,2H3. The molecule has 0 aliphatic heterocycles. The lowest BCUT2D eigenvalue weighted by Gasteiger charge is -1.99. The lowest BCUT2D eigenvalue weighted by atomic mass is 10.0. The van der Waals surface area contributed by atoms with Gasteiger partial charge in [-0.1, -0.05) is 24.1 Å². The normalized spacial score (nSPS) is 9.71. The van der Waals surface area contributed by atoms with Crippen LogP contribution in [0.1, 0.15) is 5.56 Å². The van der Waals surface area contributed by atoms with Crippen LogP contribution < -0.4 is 0 Å². The fourth-order valence-electron chi connectivity index (χ4n) is 1.42. The van der Waals surface area contributed by atoms with E-state index in [1.165, 1.54) is 0 Å². The molecule has 2 nitrogen and oxygen atoms in total. The molecule has 0 fully saturated rings. The second-order valence-electron chi connectivity index (χ2n) is 3.09. The van der Waals surface area contributed by atoms with Crippen LogP contribution in [0.25, 0.3) is 11.1 Å². The number of terminal acetylenes is 1. The predicted molar refractivity (Wildman–Crippen MR) is 56.6 cm³/mol. The molecule has 1 aromatic carbocycles. The van der Waals surface area contributed by atoms with Crippen molar-refractivity contribution >= 4 is 0 Å². The van der Waals surface area contributed by atoms with Crippen LogP contribution >= 0.6 is 0 Å². The highest BCUT2D eigenvalue weighted by atomic mass is 15.2. The smallest absolute Gasteiger partial charge is 0.0568 e. The van der Waals surface area contributed by atoms with Crippen molar-refractivity contribution in [2.24, 2.45) is 7.05 Å². The first kappa shape index (κ1) is 8.58. The van der Waals surface area contributed by atoms with E-state index in [0.29, 0.717) is 0 Å². The highest BCUT2D eigenvalue weighted by molar-refractivity contribution is 5.69. The molecular formula is C12H10N2. The van der Waals surface area contributed by atoms with Crippen molar-refractivity contribution in [1.29, 1.82) is 0 Å². The molecule has 14 heavy (non-hydrogen) atoms. The molecular weight excluding hydrogens is 172 g/mol. The topological polar surface area (TPSA) is 17.8 Å². The lowest BCUT2D eigenvalue weighted by Crippen LogP contribution is -1.84. The lowest BCUT2D eigenvalue weighted by molar-refractivity contribution is 0.768. The molecule has 1 aromatic heterocycles. The van der Waals surface area contributed by atoms with Crippen molar-refractivity contribution in [3.8, 4) is 23.5 Å². The van der Waals surface area contributed by atoms with Crippen molar-refractivity contribution in [2.75, 3.05) is 0 Å². The van der Waals surface area contributed by atoms with Gasteiger partial charge in [0.2, 0.25) is 0 Å². The second kappa shape index (κ2) is 3.39. The third-order valence-corrected chi connectivity index (χ3v) is 2.10. The Hall–Kier alpha value is -2.01. The Balaban J connectivity index is 2.57.